The van der Waals surface area contributed by atoms with E-state index in [2.05, 4.69) is 20.8 Å². The average molecular weight is 184 g/mol. The molecule has 0 aliphatic heterocycles. The van der Waals surface area contributed by atoms with E-state index < -0.39 is 0 Å². The predicted molar refractivity (Wildman–Crippen MR) is 52.6 cm³/mol. The second kappa shape index (κ2) is 6.89. The Labute approximate surface area is 76.4 Å². The summed E-state index contributed by atoms with van der Waals surface area (Å²) in [6, 6.07) is 0. The zero-order chi connectivity index (χ0) is 7.49. The van der Waals surface area contributed by atoms with Gasteiger partial charge in [-0.3, -0.25) is 0 Å². The topological polar surface area (TPSA) is 55.2 Å². The smallest absolute Gasteiger partial charge is 0.0563 e. The van der Waals surface area contributed by atoms with Crippen LogP contribution >= 0.6 is 12.4 Å². The van der Waals surface area contributed by atoms with Crippen LogP contribution in [0.15, 0.2) is 0 Å². The minimum absolute atomic E-state index is 0. The van der Waals surface area contributed by atoms with Gasteiger partial charge in [0.05, 0.1) is 6.10 Å². The van der Waals surface area contributed by atoms with Gasteiger partial charge in [0.25, 0.3) is 0 Å². The monoisotopic (exact) mass is 183 g/mol. The molecule has 0 saturated heterocycles. The highest BCUT2D eigenvalue weighted by molar-refractivity contribution is 5.85. The quantitative estimate of drug-likeness (QED) is 0.707. The highest BCUT2D eigenvalue weighted by Gasteiger charge is 2.21. The molecule has 0 aliphatic carbocycles. The van der Waals surface area contributed by atoms with Gasteiger partial charge in [-0.15, -0.1) is 12.4 Å². The van der Waals surface area contributed by atoms with Crippen LogP contribution in [-0.2, 0) is 0 Å². The summed E-state index contributed by atoms with van der Waals surface area (Å²) < 4.78 is 0. The van der Waals surface area contributed by atoms with E-state index in [1.54, 1.807) is 0 Å². The maximum Gasteiger partial charge on any atom is 0.0563 e. The van der Waals surface area contributed by atoms with E-state index in [9.17, 15) is 5.11 Å². The van der Waals surface area contributed by atoms with Gasteiger partial charge in [-0.1, -0.05) is 27.2 Å². The molecule has 0 bridgehead atoms. The van der Waals surface area contributed by atoms with Gasteiger partial charge in [-0.25, -0.2) is 0 Å². The van der Waals surface area contributed by atoms with Crippen LogP contribution in [0.4, 0.5) is 0 Å². The second-order valence-corrected chi connectivity index (χ2v) is 3.41. The maximum absolute atomic E-state index is 9.21. The fourth-order valence-electron chi connectivity index (χ4n) is 0.853. The summed E-state index contributed by atoms with van der Waals surface area (Å²) in [6.45, 7) is 8.20. The zero-order valence-electron chi connectivity index (χ0n) is 8.05. The van der Waals surface area contributed by atoms with Crippen molar-refractivity contribution in [3.05, 3.63) is 0 Å². The molecule has 0 radical (unpaired) electrons. The lowest BCUT2D eigenvalue weighted by molar-refractivity contribution is 0.0592. The normalized spacial score (nSPS) is 12.8. The van der Waals surface area contributed by atoms with Crippen LogP contribution in [0, 0.1) is 5.41 Å². The van der Waals surface area contributed by atoms with Crippen LogP contribution in [0.3, 0.4) is 0 Å². The Hall–Kier alpha value is 0.210. The fraction of sp³-hybridized carbons (Fsp3) is 1.00. The van der Waals surface area contributed by atoms with Crippen LogP contribution in [0.2, 0.25) is 0 Å². The summed E-state index contributed by atoms with van der Waals surface area (Å²) in [5.74, 6) is 0. The largest absolute Gasteiger partial charge is 0.393 e. The Balaban J connectivity index is -0.000000320. The zero-order valence-corrected chi connectivity index (χ0v) is 8.87. The maximum atomic E-state index is 9.21. The molecule has 3 heteroatoms. The first-order valence-corrected chi connectivity index (χ1v) is 3.68. The summed E-state index contributed by atoms with van der Waals surface area (Å²) in [5, 5.41) is 9.21. The molecule has 72 valence electrons. The van der Waals surface area contributed by atoms with E-state index in [0.717, 1.165) is 12.8 Å². The van der Waals surface area contributed by atoms with Gasteiger partial charge in [-0.05, 0) is 18.8 Å². The Morgan fingerprint density at radius 1 is 1.36 bits per heavy atom. The molecule has 2 nitrogen and oxygen atoms in total. The number of aliphatic hydroxyl groups excluding tert-OH is 1. The van der Waals surface area contributed by atoms with Crippen molar-refractivity contribution >= 4 is 12.4 Å². The molecule has 0 spiro atoms. The first-order valence-electron chi connectivity index (χ1n) is 3.68. The lowest BCUT2D eigenvalue weighted by atomic mass is 9.83. The van der Waals surface area contributed by atoms with Crippen molar-refractivity contribution in [2.24, 2.45) is 5.41 Å². The van der Waals surface area contributed by atoms with Gasteiger partial charge in [0, 0.05) is 0 Å². The van der Waals surface area contributed by atoms with Crippen LogP contribution in [0.25, 0.3) is 0 Å². The van der Waals surface area contributed by atoms with Crippen molar-refractivity contribution in [2.45, 2.75) is 46.6 Å². The number of halogens is 1. The molecule has 0 aromatic rings. The first kappa shape index (κ1) is 17.3. The Kier molecular flexibility index (Phi) is 10.9. The lowest BCUT2D eigenvalue weighted by Crippen LogP contribution is -2.25. The Bertz CT molecular complexity index is 84.2. The summed E-state index contributed by atoms with van der Waals surface area (Å²) in [7, 11) is 0. The SMILES string of the molecule is CCCC(C)(C)C(C)O.Cl.N. The summed E-state index contributed by atoms with van der Waals surface area (Å²) >= 11 is 0. The van der Waals surface area contributed by atoms with Crippen molar-refractivity contribution in [1.29, 1.82) is 0 Å². The van der Waals surface area contributed by atoms with E-state index in [1.807, 2.05) is 6.92 Å². The van der Waals surface area contributed by atoms with Gasteiger partial charge < -0.3 is 11.3 Å². The number of hydrogen-bond acceptors (Lipinski definition) is 2. The number of hydrogen-bond donors (Lipinski definition) is 2. The standard InChI is InChI=1S/C8H18O.ClH.H3N/c1-5-6-8(3,4)7(2)9;;/h7,9H,5-6H2,1-4H3;1H;1H3. The van der Waals surface area contributed by atoms with E-state index in [-0.39, 0.29) is 30.1 Å². The number of aliphatic hydroxyl groups is 1. The highest BCUT2D eigenvalue weighted by atomic mass is 35.5. The number of rotatable bonds is 3. The second-order valence-electron chi connectivity index (χ2n) is 3.41. The van der Waals surface area contributed by atoms with E-state index in [0.29, 0.717) is 0 Å². The van der Waals surface area contributed by atoms with Gasteiger partial charge in [0.1, 0.15) is 0 Å². The van der Waals surface area contributed by atoms with Gasteiger partial charge in [0.2, 0.25) is 0 Å². The summed E-state index contributed by atoms with van der Waals surface area (Å²) in [5.41, 5.74) is 0.106. The van der Waals surface area contributed by atoms with E-state index in [4.69, 9.17) is 0 Å². The third-order valence-electron chi connectivity index (χ3n) is 2.03. The molecule has 0 amide bonds. The van der Waals surface area contributed by atoms with Gasteiger partial charge in [0.15, 0.2) is 0 Å². The average Bonchev–Trinajstić information content (AvgIpc) is 1.65. The molecule has 0 aromatic heterocycles. The molecule has 1 atom stereocenters. The first-order chi connectivity index (χ1) is 4.00. The van der Waals surface area contributed by atoms with Crippen LogP contribution in [0.1, 0.15) is 40.5 Å². The van der Waals surface area contributed by atoms with E-state index in [1.165, 1.54) is 0 Å². The highest BCUT2D eigenvalue weighted by Crippen LogP contribution is 2.25. The van der Waals surface area contributed by atoms with Gasteiger partial charge >= 0.3 is 0 Å². The van der Waals surface area contributed by atoms with Crippen molar-refractivity contribution in [3.63, 3.8) is 0 Å². The van der Waals surface area contributed by atoms with E-state index >= 15 is 0 Å². The molecule has 11 heavy (non-hydrogen) atoms. The molecule has 4 N–H and O–H groups in total. The fourth-order valence-corrected chi connectivity index (χ4v) is 0.853. The third-order valence-corrected chi connectivity index (χ3v) is 2.03. The van der Waals surface area contributed by atoms with Crippen molar-refractivity contribution in [1.82, 2.24) is 6.15 Å². The molecular weight excluding hydrogens is 162 g/mol. The minimum atomic E-state index is -0.183. The minimum Gasteiger partial charge on any atom is -0.393 e. The summed E-state index contributed by atoms with van der Waals surface area (Å²) in [6.07, 6.45) is 2.07. The van der Waals surface area contributed by atoms with Crippen LogP contribution < -0.4 is 6.15 Å². The molecule has 0 rings (SSSR count). The Morgan fingerprint density at radius 3 is 1.82 bits per heavy atom. The van der Waals surface area contributed by atoms with Crippen molar-refractivity contribution in [3.8, 4) is 0 Å². The van der Waals surface area contributed by atoms with Gasteiger partial charge in [-0.2, -0.15) is 0 Å². The third kappa shape index (κ3) is 6.60. The summed E-state index contributed by atoms with van der Waals surface area (Å²) in [4.78, 5) is 0. The predicted octanol–water partition coefficient (Wildman–Crippen LogP) is 2.78. The molecule has 0 aromatic carbocycles. The molecule has 0 fully saturated rings. The van der Waals surface area contributed by atoms with Crippen LogP contribution in [-0.4, -0.2) is 11.2 Å². The van der Waals surface area contributed by atoms with Crippen molar-refractivity contribution < 1.29 is 5.11 Å². The lowest BCUT2D eigenvalue weighted by Gasteiger charge is -2.27. The molecule has 1 unspecified atom stereocenters. The Morgan fingerprint density at radius 2 is 1.73 bits per heavy atom. The molecule has 0 aliphatic rings. The molecule has 0 saturated carbocycles. The van der Waals surface area contributed by atoms with Crippen molar-refractivity contribution in [2.75, 3.05) is 0 Å². The van der Waals surface area contributed by atoms with Crippen LogP contribution in [0.5, 0.6) is 0 Å². The molecule has 0 heterocycles. The molecular formula is C8H22ClNO.